The first-order valence-electron chi connectivity index (χ1n) is 7.29. The Hall–Kier alpha value is -2.67. The van der Waals surface area contributed by atoms with Crippen molar-refractivity contribution >= 4 is 23.3 Å². The van der Waals surface area contributed by atoms with Gasteiger partial charge < -0.3 is 20.6 Å². The van der Waals surface area contributed by atoms with Gasteiger partial charge in [-0.05, 0) is 39.2 Å². The quantitative estimate of drug-likeness (QED) is 0.721. The summed E-state index contributed by atoms with van der Waals surface area (Å²) in [7, 11) is 4.02. The van der Waals surface area contributed by atoms with Crippen LogP contribution in [0.15, 0.2) is 30.3 Å². The summed E-state index contributed by atoms with van der Waals surface area (Å²) in [4.78, 5) is 21.8. The molecule has 1 aromatic carbocycles. The number of nitrogens with one attached hydrogen (secondary N) is 2. The third-order valence-corrected chi connectivity index (χ3v) is 3.09. The monoisotopic (exact) mass is 315 g/mol. The summed E-state index contributed by atoms with van der Waals surface area (Å²) in [6.45, 7) is 3.49. The Labute approximate surface area is 135 Å². The van der Waals surface area contributed by atoms with Gasteiger partial charge in [0.25, 0.3) is 0 Å². The van der Waals surface area contributed by atoms with E-state index in [1.165, 1.54) is 0 Å². The number of rotatable bonds is 7. The summed E-state index contributed by atoms with van der Waals surface area (Å²) in [6.07, 6.45) is 0. The van der Waals surface area contributed by atoms with E-state index in [1.54, 1.807) is 30.3 Å². The van der Waals surface area contributed by atoms with Crippen molar-refractivity contribution in [1.82, 2.24) is 14.9 Å². The maximum Gasteiger partial charge on any atom is 0.335 e. The largest absolute Gasteiger partial charge is 0.478 e. The van der Waals surface area contributed by atoms with Gasteiger partial charge in [0.1, 0.15) is 17.5 Å². The normalized spacial score (nSPS) is 10.6. The molecule has 122 valence electrons. The summed E-state index contributed by atoms with van der Waals surface area (Å²) >= 11 is 0. The summed E-state index contributed by atoms with van der Waals surface area (Å²) in [5.74, 6) is 1.03. The lowest BCUT2D eigenvalue weighted by Crippen LogP contribution is -2.21. The average molecular weight is 315 g/mol. The fourth-order valence-electron chi connectivity index (χ4n) is 2.01. The Kier molecular flexibility index (Phi) is 5.48. The summed E-state index contributed by atoms with van der Waals surface area (Å²) in [5, 5.41) is 15.4. The highest BCUT2D eigenvalue weighted by molar-refractivity contribution is 5.89. The van der Waals surface area contributed by atoms with E-state index in [4.69, 9.17) is 5.11 Å². The lowest BCUT2D eigenvalue weighted by molar-refractivity contribution is 0.0697. The fourth-order valence-corrected chi connectivity index (χ4v) is 2.01. The Balaban J connectivity index is 2.12. The number of aromatic nitrogens is 2. The van der Waals surface area contributed by atoms with Gasteiger partial charge in [-0.25, -0.2) is 14.8 Å². The highest BCUT2D eigenvalue weighted by atomic mass is 16.4. The first-order chi connectivity index (χ1) is 10.9. The van der Waals surface area contributed by atoms with Gasteiger partial charge in [0.15, 0.2) is 0 Å². The lowest BCUT2D eigenvalue weighted by Gasteiger charge is -2.12. The van der Waals surface area contributed by atoms with E-state index in [2.05, 4.69) is 25.5 Å². The van der Waals surface area contributed by atoms with Crippen molar-refractivity contribution in [3.05, 3.63) is 41.7 Å². The molecule has 0 saturated carbocycles. The Morgan fingerprint density at radius 3 is 2.65 bits per heavy atom. The molecule has 0 spiro atoms. The SMILES string of the molecule is Cc1nc(NCCN(C)C)cc(Nc2cccc(C(=O)O)c2)n1. The molecule has 0 amide bonds. The molecule has 0 aliphatic carbocycles. The van der Waals surface area contributed by atoms with E-state index >= 15 is 0 Å². The molecule has 0 aliphatic heterocycles. The van der Waals surface area contributed by atoms with Crippen LogP contribution in [0.5, 0.6) is 0 Å². The second-order valence-electron chi connectivity index (χ2n) is 5.43. The van der Waals surface area contributed by atoms with Crippen molar-refractivity contribution in [2.24, 2.45) is 0 Å². The second kappa shape index (κ2) is 7.55. The molecule has 1 aromatic heterocycles. The number of carbonyl (C=O) groups is 1. The van der Waals surface area contributed by atoms with Crippen molar-refractivity contribution in [1.29, 1.82) is 0 Å². The number of hydrogen-bond acceptors (Lipinski definition) is 6. The fraction of sp³-hybridized carbons (Fsp3) is 0.312. The van der Waals surface area contributed by atoms with Crippen LogP contribution < -0.4 is 10.6 Å². The molecule has 0 saturated heterocycles. The van der Waals surface area contributed by atoms with Gasteiger partial charge in [-0.15, -0.1) is 0 Å². The molecule has 7 heteroatoms. The molecule has 0 atom stereocenters. The number of hydrogen-bond donors (Lipinski definition) is 3. The van der Waals surface area contributed by atoms with Crippen molar-refractivity contribution < 1.29 is 9.90 Å². The zero-order chi connectivity index (χ0) is 16.8. The van der Waals surface area contributed by atoms with Crippen LogP contribution in [-0.2, 0) is 0 Å². The zero-order valence-corrected chi connectivity index (χ0v) is 13.5. The van der Waals surface area contributed by atoms with Crippen LogP contribution in [0.3, 0.4) is 0 Å². The first kappa shape index (κ1) is 16.7. The molecule has 0 unspecified atom stereocenters. The first-order valence-corrected chi connectivity index (χ1v) is 7.29. The Morgan fingerprint density at radius 1 is 1.22 bits per heavy atom. The van der Waals surface area contributed by atoms with E-state index in [-0.39, 0.29) is 5.56 Å². The maximum absolute atomic E-state index is 11.0. The van der Waals surface area contributed by atoms with E-state index in [9.17, 15) is 4.79 Å². The van der Waals surface area contributed by atoms with Crippen LogP contribution in [0.2, 0.25) is 0 Å². The number of carboxylic acid groups (broad SMARTS) is 1. The molecule has 0 bridgehead atoms. The minimum absolute atomic E-state index is 0.227. The topological polar surface area (TPSA) is 90.4 Å². The summed E-state index contributed by atoms with van der Waals surface area (Å²) < 4.78 is 0. The van der Waals surface area contributed by atoms with Gasteiger partial charge in [-0.3, -0.25) is 0 Å². The smallest absolute Gasteiger partial charge is 0.335 e. The second-order valence-corrected chi connectivity index (χ2v) is 5.43. The summed E-state index contributed by atoms with van der Waals surface area (Å²) in [5.41, 5.74) is 0.896. The molecule has 23 heavy (non-hydrogen) atoms. The van der Waals surface area contributed by atoms with Gasteiger partial charge in [-0.1, -0.05) is 6.07 Å². The molecular formula is C16H21N5O2. The predicted molar refractivity (Wildman–Crippen MR) is 90.5 cm³/mol. The number of benzene rings is 1. The number of nitrogens with zero attached hydrogens (tertiary/aromatic N) is 3. The van der Waals surface area contributed by atoms with E-state index in [0.717, 1.165) is 18.9 Å². The lowest BCUT2D eigenvalue weighted by atomic mass is 10.2. The average Bonchev–Trinajstić information content (AvgIpc) is 2.46. The molecule has 2 aromatic rings. The van der Waals surface area contributed by atoms with Crippen LogP contribution in [0.4, 0.5) is 17.3 Å². The van der Waals surface area contributed by atoms with Crippen LogP contribution in [-0.4, -0.2) is 53.1 Å². The molecular weight excluding hydrogens is 294 g/mol. The molecule has 7 nitrogen and oxygen atoms in total. The molecule has 0 aliphatic rings. The highest BCUT2D eigenvalue weighted by Gasteiger charge is 2.06. The van der Waals surface area contributed by atoms with Crippen LogP contribution in [0.25, 0.3) is 0 Å². The standard InChI is InChI=1S/C16H21N5O2/c1-11-18-14(17-7-8-21(2)3)10-15(19-11)20-13-6-4-5-12(9-13)16(22)23/h4-6,9-10H,7-8H2,1-3H3,(H,22,23)(H2,17,18,19,20). The minimum atomic E-state index is -0.960. The molecule has 2 rings (SSSR count). The molecule has 3 N–H and O–H groups in total. The zero-order valence-electron chi connectivity index (χ0n) is 13.5. The van der Waals surface area contributed by atoms with Crippen LogP contribution in [0.1, 0.15) is 16.2 Å². The number of likely N-dealkylation sites (N-methyl/N-ethyl adjacent to an activating group) is 1. The number of anilines is 3. The predicted octanol–water partition coefficient (Wildman–Crippen LogP) is 2.20. The number of aryl methyl sites for hydroxylation is 1. The van der Waals surface area contributed by atoms with Crippen molar-refractivity contribution in [2.45, 2.75) is 6.92 Å². The maximum atomic E-state index is 11.0. The van der Waals surface area contributed by atoms with Gasteiger partial charge in [0.05, 0.1) is 5.56 Å². The Bertz CT molecular complexity index is 688. The molecule has 0 fully saturated rings. The summed E-state index contributed by atoms with van der Waals surface area (Å²) in [6, 6.07) is 8.40. The Morgan fingerprint density at radius 2 is 1.96 bits per heavy atom. The van der Waals surface area contributed by atoms with Crippen molar-refractivity contribution in [3.8, 4) is 0 Å². The molecule has 0 radical (unpaired) electrons. The highest BCUT2D eigenvalue weighted by Crippen LogP contribution is 2.18. The van der Waals surface area contributed by atoms with Gasteiger partial charge in [-0.2, -0.15) is 0 Å². The number of aromatic carboxylic acids is 1. The van der Waals surface area contributed by atoms with E-state index in [0.29, 0.717) is 17.3 Å². The number of carboxylic acids is 1. The minimum Gasteiger partial charge on any atom is -0.478 e. The third-order valence-electron chi connectivity index (χ3n) is 3.09. The van der Waals surface area contributed by atoms with E-state index in [1.807, 2.05) is 21.0 Å². The van der Waals surface area contributed by atoms with Crippen molar-refractivity contribution in [3.63, 3.8) is 0 Å². The van der Waals surface area contributed by atoms with Gasteiger partial charge >= 0.3 is 5.97 Å². The van der Waals surface area contributed by atoms with Crippen LogP contribution in [0, 0.1) is 6.92 Å². The molecule has 1 heterocycles. The van der Waals surface area contributed by atoms with Gasteiger partial charge in [0, 0.05) is 24.8 Å². The van der Waals surface area contributed by atoms with Gasteiger partial charge in [0.2, 0.25) is 0 Å². The third kappa shape index (κ3) is 5.23. The van der Waals surface area contributed by atoms with Crippen LogP contribution >= 0.6 is 0 Å². The van der Waals surface area contributed by atoms with E-state index < -0.39 is 5.97 Å². The van der Waals surface area contributed by atoms with Crippen molar-refractivity contribution in [2.75, 3.05) is 37.8 Å².